The molecule has 0 atom stereocenters. The van der Waals surface area contributed by atoms with E-state index < -0.39 is 0 Å². The summed E-state index contributed by atoms with van der Waals surface area (Å²) in [7, 11) is 0. The second-order valence-electron chi connectivity index (χ2n) is 1.81. The first-order valence-electron chi connectivity index (χ1n) is 2.53. The molecule has 0 heterocycles. The van der Waals surface area contributed by atoms with Gasteiger partial charge in [0.25, 0.3) is 0 Å². The van der Waals surface area contributed by atoms with E-state index >= 15 is 0 Å². The van der Waals surface area contributed by atoms with Crippen molar-refractivity contribution in [1.29, 1.82) is 0 Å². The molecule has 0 spiro atoms. The van der Waals surface area contributed by atoms with Crippen LogP contribution < -0.4 is 0 Å². The summed E-state index contributed by atoms with van der Waals surface area (Å²) in [6, 6.07) is 7.90. The van der Waals surface area contributed by atoms with Gasteiger partial charge in [0.05, 0.1) is 0 Å². The molecule has 1 aromatic carbocycles. The molecule has 0 nitrogen and oxygen atoms in total. The zero-order valence-corrected chi connectivity index (χ0v) is 8.49. The standard InChI is InChI=1S/C7H8S.Zr/c1-6-2-4-7(8)5-3-6;/h2-5,8H,1H3;/p-1. The fourth-order valence-electron chi connectivity index (χ4n) is 0.538. The molecule has 0 unspecified atom stereocenters. The second kappa shape index (κ2) is 4.19. The molecular weight excluding hydrogens is 207 g/mol. The Hall–Kier alpha value is 0.323. The van der Waals surface area contributed by atoms with E-state index in [-0.39, 0.29) is 26.2 Å². The normalized spacial score (nSPS) is 8.11. The predicted molar refractivity (Wildman–Crippen MR) is 36.8 cm³/mol. The Morgan fingerprint density at radius 1 is 1.11 bits per heavy atom. The van der Waals surface area contributed by atoms with Gasteiger partial charge in [0.15, 0.2) is 0 Å². The Balaban J connectivity index is 0.000000640. The average Bonchev–Trinajstić information content (AvgIpc) is 1.77. The molecule has 9 heavy (non-hydrogen) atoms. The molecule has 1 aromatic rings. The van der Waals surface area contributed by atoms with Crippen molar-refractivity contribution in [2.75, 3.05) is 0 Å². The molecule has 0 aliphatic heterocycles. The van der Waals surface area contributed by atoms with Crippen LogP contribution in [0.2, 0.25) is 0 Å². The summed E-state index contributed by atoms with van der Waals surface area (Å²) in [6.45, 7) is 2.05. The van der Waals surface area contributed by atoms with Gasteiger partial charge < -0.3 is 12.6 Å². The van der Waals surface area contributed by atoms with Crippen molar-refractivity contribution in [1.82, 2.24) is 0 Å². The van der Waals surface area contributed by atoms with Crippen LogP contribution in [0.1, 0.15) is 5.56 Å². The molecular formula is C7H7SZr-. The van der Waals surface area contributed by atoms with E-state index in [1.807, 2.05) is 24.3 Å². The van der Waals surface area contributed by atoms with E-state index in [1.54, 1.807) is 0 Å². The number of hydrogen-bond acceptors (Lipinski definition) is 1. The van der Waals surface area contributed by atoms with Crippen molar-refractivity contribution in [2.45, 2.75) is 11.8 Å². The molecule has 0 saturated heterocycles. The Labute approximate surface area is 80.2 Å². The molecule has 0 bridgehead atoms. The van der Waals surface area contributed by atoms with Crippen LogP contribution >= 0.6 is 0 Å². The van der Waals surface area contributed by atoms with Gasteiger partial charge in [0.2, 0.25) is 0 Å². The van der Waals surface area contributed by atoms with Crippen LogP contribution in [0, 0.1) is 6.92 Å². The van der Waals surface area contributed by atoms with Crippen LogP contribution in [-0.4, -0.2) is 0 Å². The summed E-state index contributed by atoms with van der Waals surface area (Å²) in [5.41, 5.74) is 1.26. The van der Waals surface area contributed by atoms with Gasteiger partial charge in [-0.05, 0) is 6.92 Å². The summed E-state index contributed by atoms with van der Waals surface area (Å²) >= 11 is 4.87. The van der Waals surface area contributed by atoms with Crippen LogP contribution in [0.25, 0.3) is 0 Å². The number of hydrogen-bond donors (Lipinski definition) is 0. The van der Waals surface area contributed by atoms with Crippen LogP contribution in [0.4, 0.5) is 0 Å². The number of benzene rings is 1. The first-order valence-corrected chi connectivity index (χ1v) is 2.93. The Bertz CT molecular complexity index is 148. The minimum atomic E-state index is 0. The van der Waals surface area contributed by atoms with Gasteiger partial charge in [0.1, 0.15) is 0 Å². The summed E-state index contributed by atoms with van der Waals surface area (Å²) in [4.78, 5) is 0.913. The van der Waals surface area contributed by atoms with Crippen molar-refractivity contribution in [2.24, 2.45) is 0 Å². The number of aryl methyl sites for hydroxylation is 1. The molecule has 2 heteroatoms. The van der Waals surface area contributed by atoms with E-state index in [9.17, 15) is 0 Å². The SMILES string of the molecule is Cc1ccc([S-])cc1.[Zr]. The third kappa shape index (κ3) is 3.12. The predicted octanol–water partition coefficient (Wildman–Crippen LogP) is 1.90. The van der Waals surface area contributed by atoms with Crippen LogP contribution in [0.3, 0.4) is 0 Å². The number of rotatable bonds is 0. The molecule has 0 N–H and O–H groups in total. The zero-order valence-electron chi connectivity index (χ0n) is 5.22. The van der Waals surface area contributed by atoms with Crippen molar-refractivity contribution in [3.8, 4) is 0 Å². The van der Waals surface area contributed by atoms with Gasteiger partial charge in [-0.2, -0.15) is 4.90 Å². The van der Waals surface area contributed by atoms with E-state index in [0.29, 0.717) is 0 Å². The van der Waals surface area contributed by atoms with E-state index in [0.717, 1.165) is 4.90 Å². The molecule has 0 aliphatic rings. The maximum Gasteiger partial charge on any atom is 0 e. The molecule has 46 valence electrons. The van der Waals surface area contributed by atoms with Gasteiger partial charge in [0, 0.05) is 26.2 Å². The van der Waals surface area contributed by atoms with Gasteiger partial charge >= 0.3 is 0 Å². The topological polar surface area (TPSA) is 0 Å². The maximum atomic E-state index is 4.87. The fourth-order valence-corrected chi connectivity index (χ4v) is 0.674. The van der Waals surface area contributed by atoms with Crippen LogP contribution in [0.15, 0.2) is 29.2 Å². The first-order chi connectivity index (χ1) is 3.79. The summed E-state index contributed by atoms with van der Waals surface area (Å²) in [5, 5.41) is 0. The maximum absolute atomic E-state index is 4.87. The molecule has 0 aliphatic carbocycles. The van der Waals surface area contributed by atoms with Crippen LogP contribution in [-0.2, 0) is 38.8 Å². The van der Waals surface area contributed by atoms with Crippen LogP contribution in [0.5, 0.6) is 0 Å². The smallest absolute Gasteiger partial charge is 0 e. The Morgan fingerprint density at radius 2 is 1.56 bits per heavy atom. The molecule has 0 saturated carbocycles. The van der Waals surface area contributed by atoms with Gasteiger partial charge in [-0.15, -0.1) is 0 Å². The molecule has 0 amide bonds. The van der Waals surface area contributed by atoms with Gasteiger partial charge in [-0.25, -0.2) is 0 Å². The largest absolute Gasteiger partial charge is 0.780 e. The summed E-state index contributed by atoms with van der Waals surface area (Å²) in [5.74, 6) is 0. The monoisotopic (exact) mass is 213 g/mol. The van der Waals surface area contributed by atoms with E-state index in [4.69, 9.17) is 12.6 Å². The molecule has 0 radical (unpaired) electrons. The minimum Gasteiger partial charge on any atom is -0.780 e. The van der Waals surface area contributed by atoms with Crippen molar-refractivity contribution in [3.05, 3.63) is 29.8 Å². The van der Waals surface area contributed by atoms with Crippen molar-refractivity contribution >= 4 is 12.6 Å². The molecule has 0 fully saturated rings. The fraction of sp³-hybridized carbons (Fsp3) is 0.143. The van der Waals surface area contributed by atoms with Crippen molar-refractivity contribution < 1.29 is 26.2 Å². The van der Waals surface area contributed by atoms with Gasteiger partial charge in [-0.3, -0.25) is 0 Å². The Kier molecular flexibility index (Phi) is 4.34. The summed E-state index contributed by atoms with van der Waals surface area (Å²) in [6.07, 6.45) is 0. The minimum absolute atomic E-state index is 0. The third-order valence-corrected chi connectivity index (χ3v) is 1.29. The summed E-state index contributed by atoms with van der Waals surface area (Å²) < 4.78 is 0. The quantitative estimate of drug-likeness (QED) is 0.595. The van der Waals surface area contributed by atoms with Gasteiger partial charge in [-0.1, -0.05) is 29.8 Å². The second-order valence-corrected chi connectivity index (χ2v) is 2.28. The molecule has 0 aromatic heterocycles. The third-order valence-electron chi connectivity index (χ3n) is 1.02. The van der Waals surface area contributed by atoms with E-state index in [2.05, 4.69) is 6.92 Å². The average molecular weight is 214 g/mol. The first kappa shape index (κ1) is 9.32. The van der Waals surface area contributed by atoms with E-state index in [1.165, 1.54) is 5.56 Å². The van der Waals surface area contributed by atoms with Crippen molar-refractivity contribution in [3.63, 3.8) is 0 Å². The molecule has 1 rings (SSSR count). The zero-order chi connectivity index (χ0) is 5.98. The Morgan fingerprint density at radius 3 is 1.89 bits per heavy atom.